The number of thiocarbonyl (C=S) groups is 1. The van der Waals surface area contributed by atoms with Crippen molar-refractivity contribution in [1.82, 2.24) is 5.43 Å². The fraction of sp³-hybridized carbons (Fsp3) is 0.0909. The van der Waals surface area contributed by atoms with Crippen molar-refractivity contribution in [3.8, 4) is 18.1 Å². The van der Waals surface area contributed by atoms with Crippen molar-refractivity contribution < 1.29 is 4.74 Å². The van der Waals surface area contributed by atoms with Gasteiger partial charge in [-0.25, -0.2) is 0 Å². The highest BCUT2D eigenvalue weighted by atomic mass is 32.1. The van der Waals surface area contributed by atoms with Crippen LogP contribution in [-0.4, -0.2) is 17.9 Å². The number of nitrogens with two attached hydrogens (primary N) is 1. The van der Waals surface area contributed by atoms with E-state index in [0.717, 1.165) is 5.56 Å². The molecule has 0 fully saturated rings. The predicted octanol–water partition coefficient (Wildman–Crippen LogP) is 0.866. The third-order valence-corrected chi connectivity index (χ3v) is 1.66. The summed E-state index contributed by atoms with van der Waals surface area (Å²) in [6.45, 7) is 0.242. The smallest absolute Gasteiger partial charge is 0.184 e. The van der Waals surface area contributed by atoms with Gasteiger partial charge in [0.05, 0.1) is 6.21 Å². The van der Waals surface area contributed by atoms with E-state index in [1.807, 2.05) is 24.3 Å². The summed E-state index contributed by atoms with van der Waals surface area (Å²) < 4.78 is 5.25. The van der Waals surface area contributed by atoms with Crippen LogP contribution in [-0.2, 0) is 0 Å². The molecule has 0 unspecified atom stereocenters. The fourth-order valence-corrected chi connectivity index (χ4v) is 1.03. The van der Waals surface area contributed by atoms with Gasteiger partial charge in [-0.3, -0.25) is 5.43 Å². The molecule has 0 saturated carbocycles. The molecule has 0 spiro atoms. The summed E-state index contributed by atoms with van der Waals surface area (Å²) in [4.78, 5) is 0. The Kier molecular flexibility index (Phi) is 4.83. The summed E-state index contributed by atoms with van der Waals surface area (Å²) in [5, 5.41) is 3.95. The number of nitrogens with one attached hydrogen (secondary N) is 1. The van der Waals surface area contributed by atoms with Gasteiger partial charge in [-0.2, -0.15) is 5.10 Å². The van der Waals surface area contributed by atoms with Crippen LogP contribution in [0.25, 0.3) is 0 Å². The van der Waals surface area contributed by atoms with Crippen molar-refractivity contribution in [2.45, 2.75) is 0 Å². The Labute approximate surface area is 99.5 Å². The van der Waals surface area contributed by atoms with Crippen molar-refractivity contribution in [2.24, 2.45) is 10.8 Å². The molecular weight excluding hydrogens is 222 g/mol. The lowest BCUT2D eigenvalue weighted by Gasteiger charge is -2.02. The summed E-state index contributed by atoms with van der Waals surface area (Å²) in [5.41, 5.74) is 8.53. The van der Waals surface area contributed by atoms with E-state index in [4.69, 9.17) is 16.9 Å². The molecule has 4 nitrogen and oxygen atoms in total. The second kappa shape index (κ2) is 6.43. The first-order valence-electron chi connectivity index (χ1n) is 4.47. The van der Waals surface area contributed by atoms with Gasteiger partial charge in [0.1, 0.15) is 12.4 Å². The van der Waals surface area contributed by atoms with E-state index in [1.165, 1.54) is 0 Å². The second-order valence-corrected chi connectivity index (χ2v) is 3.24. The number of hydrogen-bond acceptors (Lipinski definition) is 3. The molecule has 5 heteroatoms. The molecule has 0 aromatic heterocycles. The average Bonchev–Trinajstić information content (AvgIpc) is 2.26. The number of ether oxygens (including phenoxy) is 1. The molecule has 3 N–H and O–H groups in total. The second-order valence-electron chi connectivity index (χ2n) is 2.80. The van der Waals surface area contributed by atoms with Gasteiger partial charge in [-0.15, -0.1) is 6.42 Å². The molecule has 0 atom stereocenters. The Morgan fingerprint density at radius 2 is 2.50 bits per heavy atom. The largest absolute Gasteiger partial charge is 0.481 e. The average molecular weight is 233 g/mol. The standard InChI is InChI=1S/C11H11N3OS/c1-2-6-15-10-5-3-4-9(7-10)8-13-14-11(12)16/h1,3-5,7-8H,6H2,(H3,12,14,16)/b13-8-. The molecule has 0 bridgehead atoms. The highest BCUT2D eigenvalue weighted by molar-refractivity contribution is 7.80. The van der Waals surface area contributed by atoms with Gasteiger partial charge in [-0.1, -0.05) is 18.1 Å². The fourth-order valence-electron chi connectivity index (χ4n) is 0.980. The maximum atomic E-state index is 5.25. The third-order valence-electron chi connectivity index (χ3n) is 1.57. The van der Waals surface area contributed by atoms with Gasteiger partial charge in [-0.05, 0) is 29.9 Å². The summed E-state index contributed by atoms with van der Waals surface area (Å²) in [7, 11) is 0. The van der Waals surface area contributed by atoms with E-state index in [-0.39, 0.29) is 11.7 Å². The van der Waals surface area contributed by atoms with Crippen LogP contribution in [0.15, 0.2) is 29.4 Å². The van der Waals surface area contributed by atoms with Crippen LogP contribution in [0.3, 0.4) is 0 Å². The number of hydrogen-bond donors (Lipinski definition) is 2. The Morgan fingerprint density at radius 1 is 1.69 bits per heavy atom. The molecule has 1 rings (SSSR count). The van der Waals surface area contributed by atoms with Crippen molar-refractivity contribution in [3.63, 3.8) is 0 Å². The van der Waals surface area contributed by atoms with Crippen molar-refractivity contribution >= 4 is 23.5 Å². The van der Waals surface area contributed by atoms with Crippen LogP contribution in [0.5, 0.6) is 5.75 Å². The predicted molar refractivity (Wildman–Crippen MR) is 68.3 cm³/mol. The summed E-state index contributed by atoms with van der Waals surface area (Å²) in [6.07, 6.45) is 6.67. The molecule has 0 heterocycles. The van der Waals surface area contributed by atoms with Crippen LogP contribution in [0.1, 0.15) is 5.56 Å². The Bertz CT molecular complexity index is 437. The number of rotatable bonds is 4. The van der Waals surface area contributed by atoms with Crippen LogP contribution >= 0.6 is 12.2 Å². The van der Waals surface area contributed by atoms with Gasteiger partial charge in [0, 0.05) is 0 Å². The lowest BCUT2D eigenvalue weighted by atomic mass is 10.2. The van der Waals surface area contributed by atoms with E-state index < -0.39 is 0 Å². The third kappa shape index (κ3) is 4.44. The minimum absolute atomic E-state index is 0.121. The van der Waals surface area contributed by atoms with Gasteiger partial charge in [0.2, 0.25) is 0 Å². The number of nitrogens with zero attached hydrogens (tertiary/aromatic N) is 1. The normalized spacial score (nSPS) is 9.69. The van der Waals surface area contributed by atoms with Gasteiger partial charge in [0.25, 0.3) is 0 Å². The summed E-state index contributed by atoms with van der Waals surface area (Å²) >= 11 is 4.60. The van der Waals surface area contributed by atoms with E-state index >= 15 is 0 Å². The molecule has 0 aliphatic carbocycles. The first-order chi connectivity index (χ1) is 7.72. The zero-order valence-corrected chi connectivity index (χ0v) is 9.33. The molecule has 1 aromatic carbocycles. The molecular formula is C11H11N3OS. The summed E-state index contributed by atoms with van der Waals surface area (Å²) in [5.74, 6) is 3.08. The number of terminal acetylenes is 1. The topological polar surface area (TPSA) is 59.6 Å². The van der Waals surface area contributed by atoms with Crippen molar-refractivity contribution in [1.29, 1.82) is 0 Å². The highest BCUT2D eigenvalue weighted by Gasteiger charge is 1.93. The Hall–Kier alpha value is -2.06. The van der Waals surface area contributed by atoms with E-state index in [2.05, 4.69) is 28.7 Å². The minimum atomic E-state index is 0.121. The van der Waals surface area contributed by atoms with Crippen LogP contribution < -0.4 is 15.9 Å². The quantitative estimate of drug-likeness (QED) is 0.350. The molecule has 0 saturated heterocycles. The molecule has 0 aliphatic heterocycles. The van der Waals surface area contributed by atoms with Crippen LogP contribution in [0.2, 0.25) is 0 Å². The van der Waals surface area contributed by atoms with Crippen molar-refractivity contribution in [2.75, 3.05) is 6.61 Å². The molecule has 1 aromatic rings. The van der Waals surface area contributed by atoms with Crippen molar-refractivity contribution in [3.05, 3.63) is 29.8 Å². The first-order valence-corrected chi connectivity index (χ1v) is 4.88. The number of hydrazone groups is 1. The first kappa shape index (κ1) is 12.0. The Morgan fingerprint density at radius 3 is 3.19 bits per heavy atom. The zero-order chi connectivity index (χ0) is 11.8. The maximum absolute atomic E-state index is 5.25. The highest BCUT2D eigenvalue weighted by Crippen LogP contribution is 2.11. The molecule has 82 valence electrons. The SMILES string of the molecule is C#CCOc1cccc(/C=N\NC(N)=S)c1. The Balaban J connectivity index is 2.64. The zero-order valence-electron chi connectivity index (χ0n) is 8.51. The van der Waals surface area contributed by atoms with Crippen LogP contribution in [0, 0.1) is 12.3 Å². The molecule has 0 radical (unpaired) electrons. The summed E-state index contributed by atoms with van der Waals surface area (Å²) in [6, 6.07) is 7.33. The van der Waals surface area contributed by atoms with Gasteiger partial charge < -0.3 is 10.5 Å². The van der Waals surface area contributed by atoms with Gasteiger partial charge >= 0.3 is 0 Å². The molecule has 0 amide bonds. The van der Waals surface area contributed by atoms with E-state index in [0.29, 0.717) is 5.75 Å². The molecule has 0 aliphatic rings. The lowest BCUT2D eigenvalue weighted by molar-refractivity contribution is 0.370. The monoisotopic (exact) mass is 233 g/mol. The van der Waals surface area contributed by atoms with Crippen LogP contribution in [0.4, 0.5) is 0 Å². The van der Waals surface area contributed by atoms with E-state index in [1.54, 1.807) is 6.21 Å². The minimum Gasteiger partial charge on any atom is -0.481 e. The van der Waals surface area contributed by atoms with Gasteiger partial charge in [0.15, 0.2) is 5.11 Å². The lowest BCUT2D eigenvalue weighted by Crippen LogP contribution is -2.23. The molecule has 16 heavy (non-hydrogen) atoms. The van der Waals surface area contributed by atoms with E-state index in [9.17, 15) is 0 Å². The maximum Gasteiger partial charge on any atom is 0.184 e. The number of benzene rings is 1.